The van der Waals surface area contributed by atoms with E-state index in [1.807, 2.05) is 37.3 Å². The zero-order valence-corrected chi connectivity index (χ0v) is 9.40. The molecule has 0 spiro atoms. The number of carbonyl (C=O) groups excluding carboxylic acids is 1. The van der Waals surface area contributed by atoms with E-state index in [1.165, 1.54) is 0 Å². The molecule has 0 N–H and O–H groups in total. The highest BCUT2D eigenvalue weighted by molar-refractivity contribution is 5.85. The molecule has 1 unspecified atom stereocenters. The minimum absolute atomic E-state index is 0.00283. The van der Waals surface area contributed by atoms with Crippen molar-refractivity contribution < 1.29 is 9.53 Å². The van der Waals surface area contributed by atoms with Crippen molar-refractivity contribution in [2.24, 2.45) is 0 Å². The van der Waals surface area contributed by atoms with Crippen LogP contribution < -0.4 is 0 Å². The zero-order valence-electron chi connectivity index (χ0n) is 9.40. The molecule has 0 fully saturated rings. The summed E-state index contributed by atoms with van der Waals surface area (Å²) in [6, 6.07) is 9.89. The number of hydrogen-bond donors (Lipinski definition) is 0. The summed E-state index contributed by atoms with van der Waals surface area (Å²) in [5.74, 6) is 0.293. The molecule has 0 amide bonds. The largest absolute Gasteiger partial charge is 0.385 e. The van der Waals surface area contributed by atoms with Crippen LogP contribution in [0, 0.1) is 0 Å². The van der Waals surface area contributed by atoms with Crippen molar-refractivity contribution in [1.29, 1.82) is 0 Å². The first-order valence-corrected chi connectivity index (χ1v) is 5.32. The fourth-order valence-electron chi connectivity index (χ4n) is 1.53. The third-order valence-electron chi connectivity index (χ3n) is 2.55. The van der Waals surface area contributed by atoms with Gasteiger partial charge in [-0.25, -0.2) is 0 Å². The van der Waals surface area contributed by atoms with Crippen molar-refractivity contribution in [3.8, 4) is 0 Å². The van der Waals surface area contributed by atoms with E-state index in [-0.39, 0.29) is 5.92 Å². The van der Waals surface area contributed by atoms with E-state index in [0.717, 1.165) is 12.0 Å². The van der Waals surface area contributed by atoms with Crippen molar-refractivity contribution in [2.75, 3.05) is 13.7 Å². The molecule has 1 rings (SSSR count). The lowest BCUT2D eigenvalue weighted by molar-refractivity contribution is -0.120. The molecule has 0 radical (unpaired) electrons. The van der Waals surface area contributed by atoms with Gasteiger partial charge in [-0.15, -0.1) is 0 Å². The lowest BCUT2D eigenvalue weighted by Crippen LogP contribution is -2.09. The van der Waals surface area contributed by atoms with E-state index in [4.69, 9.17) is 4.74 Å². The topological polar surface area (TPSA) is 26.3 Å². The quantitative estimate of drug-likeness (QED) is 0.669. The highest BCUT2D eigenvalue weighted by atomic mass is 16.5. The smallest absolute Gasteiger partial charge is 0.140 e. The average Bonchev–Trinajstić information content (AvgIpc) is 2.29. The van der Waals surface area contributed by atoms with E-state index in [0.29, 0.717) is 18.8 Å². The number of ether oxygens (including phenoxy) is 1. The third-order valence-corrected chi connectivity index (χ3v) is 2.55. The first-order valence-electron chi connectivity index (χ1n) is 5.32. The molecule has 0 saturated carbocycles. The molecule has 1 aromatic rings. The van der Waals surface area contributed by atoms with Gasteiger partial charge in [0.25, 0.3) is 0 Å². The minimum Gasteiger partial charge on any atom is -0.385 e. The highest BCUT2D eigenvalue weighted by Gasteiger charge is 2.13. The number of benzene rings is 1. The Morgan fingerprint density at radius 3 is 2.60 bits per heavy atom. The maximum Gasteiger partial charge on any atom is 0.140 e. The number of hydrogen-bond acceptors (Lipinski definition) is 2. The van der Waals surface area contributed by atoms with Gasteiger partial charge in [-0.3, -0.25) is 4.79 Å². The van der Waals surface area contributed by atoms with Gasteiger partial charge in [-0.2, -0.15) is 0 Å². The Morgan fingerprint density at radius 1 is 1.33 bits per heavy atom. The summed E-state index contributed by atoms with van der Waals surface area (Å²) >= 11 is 0. The zero-order chi connectivity index (χ0) is 11.1. The van der Waals surface area contributed by atoms with Crippen molar-refractivity contribution in [2.45, 2.75) is 25.7 Å². The Bertz CT molecular complexity index is 293. The Hall–Kier alpha value is -1.15. The summed E-state index contributed by atoms with van der Waals surface area (Å²) in [6.07, 6.45) is 1.41. The fraction of sp³-hybridized carbons (Fsp3) is 0.462. The van der Waals surface area contributed by atoms with Crippen molar-refractivity contribution >= 4 is 5.78 Å². The van der Waals surface area contributed by atoms with Crippen LogP contribution in [-0.4, -0.2) is 19.5 Å². The Labute approximate surface area is 91.3 Å². The summed E-state index contributed by atoms with van der Waals surface area (Å²) in [6.45, 7) is 2.62. The van der Waals surface area contributed by atoms with Gasteiger partial charge in [0.2, 0.25) is 0 Å². The van der Waals surface area contributed by atoms with E-state index in [1.54, 1.807) is 7.11 Å². The maximum absolute atomic E-state index is 11.8. The van der Waals surface area contributed by atoms with Crippen molar-refractivity contribution in [1.82, 2.24) is 0 Å². The predicted octanol–water partition coefficient (Wildman–Crippen LogP) is 2.79. The van der Waals surface area contributed by atoms with E-state index in [2.05, 4.69) is 0 Å². The van der Waals surface area contributed by atoms with Gasteiger partial charge in [0.05, 0.1) is 0 Å². The van der Waals surface area contributed by atoms with E-state index in [9.17, 15) is 4.79 Å². The van der Waals surface area contributed by atoms with Gasteiger partial charge >= 0.3 is 0 Å². The molecule has 0 heterocycles. The van der Waals surface area contributed by atoms with Crippen LogP contribution in [0.5, 0.6) is 0 Å². The molecule has 2 heteroatoms. The van der Waals surface area contributed by atoms with Crippen LogP contribution in [-0.2, 0) is 9.53 Å². The summed E-state index contributed by atoms with van der Waals surface area (Å²) in [5.41, 5.74) is 1.10. The normalized spacial score (nSPS) is 12.4. The van der Waals surface area contributed by atoms with Gasteiger partial charge in [0.15, 0.2) is 0 Å². The summed E-state index contributed by atoms with van der Waals surface area (Å²) < 4.78 is 4.93. The molecule has 0 saturated heterocycles. The van der Waals surface area contributed by atoms with Crippen LogP contribution in [0.1, 0.15) is 31.2 Å². The van der Waals surface area contributed by atoms with E-state index < -0.39 is 0 Å². The summed E-state index contributed by atoms with van der Waals surface area (Å²) in [4.78, 5) is 11.8. The molecule has 0 aliphatic rings. The molecule has 2 nitrogen and oxygen atoms in total. The molecule has 0 aliphatic carbocycles. The van der Waals surface area contributed by atoms with Gasteiger partial charge in [0.1, 0.15) is 5.78 Å². The number of Topliss-reactive ketones (excluding diaryl/α,β-unsaturated/α-hetero) is 1. The molecule has 1 aromatic carbocycles. The number of ketones is 1. The predicted molar refractivity (Wildman–Crippen MR) is 61.0 cm³/mol. The second-order valence-corrected chi connectivity index (χ2v) is 3.70. The molecule has 0 aliphatic heterocycles. The van der Waals surface area contributed by atoms with Crippen LogP contribution in [0.15, 0.2) is 30.3 Å². The molecule has 0 bridgehead atoms. The van der Waals surface area contributed by atoms with Crippen molar-refractivity contribution in [3.05, 3.63) is 35.9 Å². The fourth-order valence-corrected chi connectivity index (χ4v) is 1.53. The molecule has 82 valence electrons. The van der Waals surface area contributed by atoms with Crippen LogP contribution in [0.3, 0.4) is 0 Å². The first-order chi connectivity index (χ1) is 7.25. The molecule has 0 aromatic heterocycles. The Morgan fingerprint density at radius 2 is 2.00 bits per heavy atom. The Kier molecular flexibility index (Phi) is 5.05. The molecule has 15 heavy (non-hydrogen) atoms. The highest BCUT2D eigenvalue weighted by Crippen LogP contribution is 2.17. The monoisotopic (exact) mass is 206 g/mol. The molecular formula is C13H18O2. The SMILES string of the molecule is COCCCC(=O)C(C)c1ccccc1. The van der Waals surface area contributed by atoms with Crippen LogP contribution in [0.4, 0.5) is 0 Å². The number of carbonyl (C=O) groups is 1. The molecular weight excluding hydrogens is 188 g/mol. The second-order valence-electron chi connectivity index (χ2n) is 3.70. The lowest BCUT2D eigenvalue weighted by Gasteiger charge is -2.10. The van der Waals surface area contributed by atoms with Gasteiger partial charge in [0, 0.05) is 26.1 Å². The van der Waals surface area contributed by atoms with Gasteiger partial charge in [-0.05, 0) is 12.0 Å². The van der Waals surface area contributed by atoms with E-state index >= 15 is 0 Å². The first kappa shape index (κ1) is 11.9. The second kappa shape index (κ2) is 6.36. The average molecular weight is 206 g/mol. The maximum atomic E-state index is 11.8. The van der Waals surface area contributed by atoms with Crippen LogP contribution in [0.25, 0.3) is 0 Å². The summed E-state index contributed by atoms with van der Waals surface area (Å²) in [5, 5.41) is 0. The van der Waals surface area contributed by atoms with Gasteiger partial charge in [-0.1, -0.05) is 37.3 Å². The number of rotatable bonds is 6. The van der Waals surface area contributed by atoms with Gasteiger partial charge < -0.3 is 4.74 Å². The standard InChI is InChI=1S/C13H18O2/c1-11(12-7-4-3-5-8-12)13(14)9-6-10-15-2/h3-5,7-8,11H,6,9-10H2,1-2H3. The Balaban J connectivity index is 2.46. The minimum atomic E-state index is 0.00283. The summed E-state index contributed by atoms with van der Waals surface area (Å²) in [7, 11) is 1.66. The van der Waals surface area contributed by atoms with Crippen LogP contribution >= 0.6 is 0 Å². The van der Waals surface area contributed by atoms with Crippen LogP contribution in [0.2, 0.25) is 0 Å². The van der Waals surface area contributed by atoms with Crippen molar-refractivity contribution in [3.63, 3.8) is 0 Å². The lowest BCUT2D eigenvalue weighted by atomic mass is 9.94. The number of methoxy groups -OCH3 is 1. The third kappa shape index (κ3) is 3.84. The molecule has 1 atom stereocenters.